The maximum atomic E-state index is 13.7. The van der Waals surface area contributed by atoms with E-state index in [4.69, 9.17) is 0 Å². The highest BCUT2D eigenvalue weighted by Crippen LogP contribution is 2.18. The van der Waals surface area contributed by atoms with Crippen molar-refractivity contribution in [2.24, 2.45) is 0 Å². The number of carbonyl (C=O) groups is 1. The first-order valence-corrected chi connectivity index (χ1v) is 6.70. The molecule has 0 radical (unpaired) electrons. The van der Waals surface area contributed by atoms with Crippen LogP contribution in [0.1, 0.15) is 24.5 Å². The Hall–Kier alpha value is -1.70. The molecule has 1 aliphatic heterocycles. The summed E-state index contributed by atoms with van der Waals surface area (Å²) in [4.78, 5) is 13.7. The van der Waals surface area contributed by atoms with Crippen molar-refractivity contribution in [2.45, 2.75) is 25.4 Å². The van der Waals surface area contributed by atoms with Crippen molar-refractivity contribution in [1.29, 1.82) is 0 Å². The number of aliphatic hydroxyl groups is 1. The van der Waals surface area contributed by atoms with Crippen molar-refractivity contribution in [1.82, 2.24) is 4.90 Å². The van der Waals surface area contributed by atoms with E-state index in [9.17, 15) is 14.3 Å². The Bertz CT molecular complexity index is 588. The van der Waals surface area contributed by atoms with Crippen LogP contribution in [0.4, 0.5) is 4.39 Å². The van der Waals surface area contributed by atoms with Gasteiger partial charge < -0.3 is 5.11 Å². The molecule has 0 saturated carbocycles. The lowest BCUT2D eigenvalue weighted by molar-refractivity contribution is -0.137. The minimum Gasteiger partial charge on any atom is -0.371 e. The number of carbonyl (C=O) groups excluding carboxylic acids is 1. The first-order valence-electron chi connectivity index (χ1n) is 6.70. The molecule has 1 N–H and O–H groups in total. The largest absolute Gasteiger partial charge is 0.371 e. The molecule has 106 valence electrons. The molecule has 0 bridgehead atoms. The fourth-order valence-corrected chi connectivity index (χ4v) is 2.14. The summed E-state index contributed by atoms with van der Waals surface area (Å²) in [6.45, 7) is 2.73. The molecule has 1 aromatic rings. The van der Waals surface area contributed by atoms with Gasteiger partial charge in [-0.05, 0) is 31.2 Å². The number of Topliss-reactive ketones (excluding diaryl/α,β-unsaturated/α-hetero) is 1. The average Bonchev–Trinajstić information content (AvgIpc) is 2.43. The molecular formula is C16H18FNO2. The molecule has 2 rings (SSSR count). The summed E-state index contributed by atoms with van der Waals surface area (Å²) in [5.74, 6) is 4.44. The van der Waals surface area contributed by atoms with Crippen LogP contribution in [0.15, 0.2) is 18.2 Å². The first-order chi connectivity index (χ1) is 9.44. The number of hydrogen-bond donors (Lipinski definition) is 1. The van der Waals surface area contributed by atoms with Crippen molar-refractivity contribution in [3.05, 3.63) is 35.1 Å². The number of likely N-dealkylation sites (tertiary alicyclic amines) is 1. The van der Waals surface area contributed by atoms with Crippen molar-refractivity contribution in [2.75, 3.05) is 20.1 Å². The number of nitrogens with zero attached hydrogens (tertiary/aromatic N) is 1. The summed E-state index contributed by atoms with van der Waals surface area (Å²) in [5, 5.41) is 10.3. The van der Waals surface area contributed by atoms with Gasteiger partial charge in [0.2, 0.25) is 0 Å². The van der Waals surface area contributed by atoms with E-state index in [2.05, 4.69) is 11.8 Å². The van der Waals surface area contributed by atoms with Gasteiger partial charge >= 0.3 is 0 Å². The van der Waals surface area contributed by atoms with Crippen molar-refractivity contribution < 1.29 is 14.3 Å². The average molecular weight is 275 g/mol. The Balaban J connectivity index is 2.28. The number of likely N-dealkylation sites (N-methyl/N-ethyl adjacent to an activating group) is 1. The molecule has 1 aromatic carbocycles. The van der Waals surface area contributed by atoms with Gasteiger partial charge in [-0.15, -0.1) is 0 Å². The van der Waals surface area contributed by atoms with Crippen LogP contribution in [0.3, 0.4) is 0 Å². The summed E-state index contributed by atoms with van der Waals surface area (Å²) >= 11 is 0. The first kappa shape index (κ1) is 14.7. The Morgan fingerprint density at radius 2 is 2.25 bits per heavy atom. The van der Waals surface area contributed by atoms with E-state index in [1.54, 1.807) is 12.1 Å². The summed E-state index contributed by atoms with van der Waals surface area (Å²) < 4.78 is 13.7. The monoisotopic (exact) mass is 275 g/mol. The summed E-state index contributed by atoms with van der Waals surface area (Å²) in [7, 11) is 1.81. The lowest BCUT2D eigenvalue weighted by Gasteiger charge is -2.31. The minimum atomic E-state index is -1.65. The zero-order valence-corrected chi connectivity index (χ0v) is 11.7. The van der Waals surface area contributed by atoms with Crippen LogP contribution >= 0.6 is 0 Å². The number of halogens is 1. The van der Waals surface area contributed by atoms with Crippen LogP contribution in [0.5, 0.6) is 0 Å². The van der Waals surface area contributed by atoms with Crippen LogP contribution in [0.2, 0.25) is 0 Å². The van der Waals surface area contributed by atoms with Crippen LogP contribution in [0.25, 0.3) is 0 Å². The maximum absolute atomic E-state index is 13.7. The van der Waals surface area contributed by atoms with Gasteiger partial charge in [-0.25, -0.2) is 4.39 Å². The minimum absolute atomic E-state index is 0.169. The summed E-state index contributed by atoms with van der Waals surface area (Å²) in [6.07, 6.45) is 1.04. The Morgan fingerprint density at radius 3 is 2.90 bits per heavy atom. The molecule has 4 heteroatoms. The van der Waals surface area contributed by atoms with Crippen LogP contribution in [0, 0.1) is 17.7 Å². The Morgan fingerprint density at radius 1 is 1.50 bits per heavy atom. The molecule has 1 unspecified atom stereocenters. The normalized spacial score (nSPS) is 23.3. The second-order valence-corrected chi connectivity index (χ2v) is 5.19. The lowest BCUT2D eigenvalue weighted by Crippen LogP contribution is -2.50. The summed E-state index contributed by atoms with van der Waals surface area (Å²) in [5.41, 5.74) is -0.455. The van der Waals surface area contributed by atoms with Crippen molar-refractivity contribution in [3.8, 4) is 11.8 Å². The second kappa shape index (κ2) is 5.74. The van der Waals surface area contributed by atoms with E-state index in [-0.39, 0.29) is 24.3 Å². The van der Waals surface area contributed by atoms with Crippen LogP contribution < -0.4 is 0 Å². The van der Waals surface area contributed by atoms with Gasteiger partial charge in [0.25, 0.3) is 0 Å². The zero-order valence-electron chi connectivity index (χ0n) is 11.7. The second-order valence-electron chi connectivity index (χ2n) is 5.19. The van der Waals surface area contributed by atoms with E-state index < -0.39 is 11.4 Å². The predicted octanol–water partition coefficient (Wildman–Crippen LogP) is 1.38. The molecule has 3 nitrogen and oxygen atoms in total. The number of hydrogen-bond acceptors (Lipinski definition) is 3. The quantitative estimate of drug-likeness (QED) is 0.787. The smallest absolute Gasteiger partial charge is 0.190 e. The zero-order chi connectivity index (χ0) is 14.8. The molecule has 0 aromatic heterocycles. The molecule has 0 spiro atoms. The van der Waals surface area contributed by atoms with Gasteiger partial charge in [-0.3, -0.25) is 9.69 Å². The van der Waals surface area contributed by atoms with Crippen LogP contribution in [-0.4, -0.2) is 41.5 Å². The third-order valence-electron chi connectivity index (χ3n) is 3.57. The lowest BCUT2D eigenvalue weighted by atomic mass is 9.90. The van der Waals surface area contributed by atoms with E-state index in [1.807, 2.05) is 18.9 Å². The number of aryl methyl sites for hydroxylation is 1. The topological polar surface area (TPSA) is 40.5 Å². The molecule has 0 aliphatic carbocycles. The molecule has 1 saturated heterocycles. The van der Waals surface area contributed by atoms with E-state index in [0.29, 0.717) is 6.54 Å². The van der Waals surface area contributed by atoms with Crippen molar-refractivity contribution >= 4 is 5.78 Å². The van der Waals surface area contributed by atoms with E-state index >= 15 is 0 Å². The molecular weight excluding hydrogens is 257 g/mol. The highest BCUT2D eigenvalue weighted by atomic mass is 19.1. The fourth-order valence-electron chi connectivity index (χ4n) is 2.14. The predicted molar refractivity (Wildman–Crippen MR) is 74.7 cm³/mol. The molecule has 1 fully saturated rings. The van der Waals surface area contributed by atoms with E-state index in [1.165, 1.54) is 6.07 Å². The van der Waals surface area contributed by atoms with Crippen molar-refractivity contribution in [3.63, 3.8) is 0 Å². The van der Waals surface area contributed by atoms with E-state index in [0.717, 1.165) is 12.0 Å². The standard InChI is InChI=1S/C16H18FNO2/c1-3-12-4-5-14(17)13(10-12)6-7-16(20)8-9-18(2)11-15(16)19/h4-5,10,20H,3,8-9,11H2,1-2H3. The maximum Gasteiger partial charge on any atom is 0.190 e. The van der Waals surface area contributed by atoms with Gasteiger partial charge in [0.05, 0.1) is 12.1 Å². The highest BCUT2D eigenvalue weighted by Gasteiger charge is 2.37. The Labute approximate surface area is 118 Å². The third-order valence-corrected chi connectivity index (χ3v) is 3.57. The van der Waals surface area contributed by atoms with Crippen LogP contribution in [-0.2, 0) is 11.2 Å². The number of rotatable bonds is 1. The molecule has 0 amide bonds. The summed E-state index contributed by atoms with van der Waals surface area (Å²) in [6, 6.07) is 4.73. The molecule has 20 heavy (non-hydrogen) atoms. The van der Waals surface area contributed by atoms with Gasteiger partial charge in [0.1, 0.15) is 5.82 Å². The fraction of sp³-hybridized carbons (Fsp3) is 0.438. The van der Waals surface area contributed by atoms with Gasteiger partial charge in [-0.2, -0.15) is 0 Å². The van der Waals surface area contributed by atoms with Gasteiger partial charge in [-0.1, -0.05) is 24.8 Å². The number of ketones is 1. The molecule has 1 aliphatic rings. The Kier molecular flexibility index (Phi) is 4.22. The molecule has 1 atom stereocenters. The number of benzene rings is 1. The SMILES string of the molecule is CCc1ccc(F)c(C#CC2(O)CCN(C)CC2=O)c1. The highest BCUT2D eigenvalue weighted by molar-refractivity contribution is 5.92. The third kappa shape index (κ3) is 3.06. The number of piperidine rings is 1. The van der Waals surface area contributed by atoms with Gasteiger partial charge in [0.15, 0.2) is 11.4 Å². The van der Waals surface area contributed by atoms with Gasteiger partial charge in [0, 0.05) is 13.0 Å². The molecule has 1 heterocycles.